The predicted molar refractivity (Wildman–Crippen MR) is 90.3 cm³/mol. The van der Waals surface area contributed by atoms with Crippen LogP contribution in [-0.2, 0) is 9.59 Å². The maximum absolute atomic E-state index is 14.1. The van der Waals surface area contributed by atoms with Crippen molar-refractivity contribution in [2.45, 2.75) is 32.2 Å². The van der Waals surface area contributed by atoms with Crippen LogP contribution in [0.15, 0.2) is 18.2 Å². The molecule has 1 saturated carbocycles. The average molecular weight is 333 g/mol. The maximum atomic E-state index is 14.1. The number of halogens is 1. The molecule has 1 aliphatic heterocycles. The Labute approximate surface area is 141 Å². The number of carbonyl (C=O) groups is 2. The summed E-state index contributed by atoms with van der Waals surface area (Å²) < 4.78 is 14.1. The minimum Gasteiger partial charge on any atom is -0.355 e. The highest BCUT2D eigenvalue weighted by Crippen LogP contribution is 2.28. The second kappa shape index (κ2) is 6.89. The first-order valence-electron chi connectivity index (χ1n) is 8.50. The Morgan fingerprint density at radius 1 is 1.42 bits per heavy atom. The molecule has 1 N–H and O–H groups in total. The number of carbonyl (C=O) groups excluding carboxylic acids is 2. The Morgan fingerprint density at radius 2 is 2.17 bits per heavy atom. The van der Waals surface area contributed by atoms with E-state index in [2.05, 4.69) is 17.3 Å². The molecule has 6 heteroatoms. The minimum absolute atomic E-state index is 0.123. The van der Waals surface area contributed by atoms with Crippen LogP contribution in [0.4, 0.5) is 10.1 Å². The van der Waals surface area contributed by atoms with Gasteiger partial charge in [0.2, 0.25) is 11.8 Å². The molecule has 0 spiro atoms. The fourth-order valence-corrected chi connectivity index (χ4v) is 3.14. The molecule has 1 saturated heterocycles. The van der Waals surface area contributed by atoms with Crippen molar-refractivity contribution in [3.05, 3.63) is 29.6 Å². The van der Waals surface area contributed by atoms with E-state index in [0.29, 0.717) is 12.6 Å². The van der Waals surface area contributed by atoms with E-state index in [9.17, 15) is 14.0 Å². The molecule has 0 bridgehead atoms. The average Bonchev–Trinajstić information content (AvgIpc) is 3.31. The third-order valence-corrected chi connectivity index (χ3v) is 4.82. The Bertz CT molecular complexity index is 645. The molecule has 0 aromatic heterocycles. The van der Waals surface area contributed by atoms with Crippen LogP contribution in [0.1, 0.15) is 24.8 Å². The van der Waals surface area contributed by atoms with E-state index in [1.165, 1.54) is 23.8 Å². The van der Waals surface area contributed by atoms with Crippen molar-refractivity contribution in [1.82, 2.24) is 10.2 Å². The van der Waals surface area contributed by atoms with Gasteiger partial charge in [-0.05, 0) is 44.5 Å². The Kier molecular flexibility index (Phi) is 4.85. The zero-order chi connectivity index (χ0) is 17.3. The summed E-state index contributed by atoms with van der Waals surface area (Å²) in [4.78, 5) is 28.1. The number of hydrogen-bond acceptors (Lipinski definition) is 3. The van der Waals surface area contributed by atoms with Crippen LogP contribution in [0.2, 0.25) is 0 Å². The number of aryl methyl sites for hydroxylation is 1. The number of nitrogens with zero attached hydrogens (tertiary/aromatic N) is 2. The van der Waals surface area contributed by atoms with Crippen LogP contribution < -0.4 is 10.2 Å². The first-order valence-corrected chi connectivity index (χ1v) is 8.50. The monoisotopic (exact) mass is 333 g/mol. The molecule has 1 aromatic carbocycles. The Balaban J connectivity index is 1.54. The third-order valence-electron chi connectivity index (χ3n) is 4.82. The summed E-state index contributed by atoms with van der Waals surface area (Å²) in [5.74, 6) is -1.16. The van der Waals surface area contributed by atoms with Crippen molar-refractivity contribution in [1.29, 1.82) is 0 Å². The van der Waals surface area contributed by atoms with Gasteiger partial charge < -0.3 is 15.1 Å². The van der Waals surface area contributed by atoms with Gasteiger partial charge in [0.15, 0.2) is 0 Å². The molecule has 0 unspecified atom stereocenters. The zero-order valence-corrected chi connectivity index (χ0v) is 14.2. The van der Waals surface area contributed by atoms with Gasteiger partial charge in [-0.3, -0.25) is 9.59 Å². The Morgan fingerprint density at radius 3 is 2.83 bits per heavy atom. The van der Waals surface area contributed by atoms with Crippen molar-refractivity contribution in [2.24, 2.45) is 5.92 Å². The van der Waals surface area contributed by atoms with Crippen LogP contribution >= 0.6 is 0 Å². The van der Waals surface area contributed by atoms with E-state index in [0.717, 1.165) is 12.1 Å². The van der Waals surface area contributed by atoms with E-state index >= 15 is 0 Å². The predicted octanol–water partition coefficient (Wildman–Crippen LogP) is 1.70. The number of likely N-dealkylation sites (N-methyl/N-ethyl adjacent to an activating group) is 1. The van der Waals surface area contributed by atoms with Crippen LogP contribution in [0.5, 0.6) is 0 Å². The van der Waals surface area contributed by atoms with Crippen LogP contribution in [0, 0.1) is 18.7 Å². The highest BCUT2D eigenvalue weighted by molar-refractivity contribution is 6.00. The van der Waals surface area contributed by atoms with Gasteiger partial charge in [0, 0.05) is 32.1 Å². The van der Waals surface area contributed by atoms with Crippen LogP contribution in [-0.4, -0.2) is 49.4 Å². The van der Waals surface area contributed by atoms with Gasteiger partial charge >= 0.3 is 0 Å². The molecule has 0 radical (unpaired) electrons. The van der Waals surface area contributed by atoms with Gasteiger partial charge in [0.05, 0.1) is 11.6 Å². The summed E-state index contributed by atoms with van der Waals surface area (Å²) in [7, 11) is 2.06. The summed E-state index contributed by atoms with van der Waals surface area (Å²) in [5.41, 5.74) is 1.06. The van der Waals surface area contributed by atoms with Crippen LogP contribution in [0.25, 0.3) is 0 Å². The molecule has 2 fully saturated rings. The Hall–Kier alpha value is -1.95. The molecule has 1 aliphatic carbocycles. The van der Waals surface area contributed by atoms with E-state index in [1.807, 2.05) is 0 Å². The lowest BCUT2D eigenvalue weighted by Gasteiger charge is -2.18. The summed E-state index contributed by atoms with van der Waals surface area (Å²) in [5, 5.41) is 2.90. The molecule has 5 nitrogen and oxygen atoms in total. The quantitative estimate of drug-likeness (QED) is 0.862. The highest BCUT2D eigenvalue weighted by atomic mass is 19.1. The van der Waals surface area contributed by atoms with Crippen LogP contribution in [0.3, 0.4) is 0 Å². The van der Waals surface area contributed by atoms with Crippen molar-refractivity contribution < 1.29 is 14.0 Å². The van der Waals surface area contributed by atoms with Gasteiger partial charge in [-0.15, -0.1) is 0 Å². The number of amides is 2. The van der Waals surface area contributed by atoms with E-state index < -0.39 is 11.7 Å². The normalized spacial score (nSPS) is 20.8. The smallest absolute Gasteiger partial charge is 0.227 e. The van der Waals surface area contributed by atoms with Crippen molar-refractivity contribution in [2.75, 3.05) is 31.6 Å². The summed E-state index contributed by atoms with van der Waals surface area (Å²) in [6.07, 6.45) is 2.61. The zero-order valence-electron chi connectivity index (χ0n) is 14.2. The van der Waals surface area contributed by atoms with Crippen molar-refractivity contribution >= 4 is 17.5 Å². The molecular weight excluding hydrogens is 309 g/mol. The molecular formula is C18H24FN3O2. The molecule has 2 aliphatic rings. The lowest BCUT2D eigenvalue weighted by Crippen LogP contribution is -2.38. The lowest BCUT2D eigenvalue weighted by molar-refractivity contribution is -0.126. The van der Waals surface area contributed by atoms with E-state index in [1.54, 1.807) is 19.1 Å². The SMILES string of the molecule is Cc1ccc(N2C[C@@H](C(=O)NCCN(C)C3CC3)CC2=O)c(F)c1. The lowest BCUT2D eigenvalue weighted by atomic mass is 10.1. The number of hydrogen-bond donors (Lipinski definition) is 1. The molecule has 130 valence electrons. The van der Waals surface area contributed by atoms with E-state index in [-0.39, 0.29) is 30.5 Å². The summed E-state index contributed by atoms with van der Waals surface area (Å²) in [6.45, 7) is 3.43. The van der Waals surface area contributed by atoms with Crippen molar-refractivity contribution in [3.63, 3.8) is 0 Å². The first kappa shape index (κ1) is 16.9. The molecule has 1 aromatic rings. The number of rotatable bonds is 6. The fourth-order valence-electron chi connectivity index (χ4n) is 3.14. The van der Waals surface area contributed by atoms with Crippen molar-refractivity contribution in [3.8, 4) is 0 Å². The highest BCUT2D eigenvalue weighted by Gasteiger charge is 2.36. The van der Waals surface area contributed by atoms with Gasteiger partial charge in [0.25, 0.3) is 0 Å². The second-order valence-corrected chi connectivity index (χ2v) is 6.86. The van der Waals surface area contributed by atoms with E-state index in [4.69, 9.17) is 0 Å². The van der Waals surface area contributed by atoms with Gasteiger partial charge in [-0.1, -0.05) is 6.07 Å². The topological polar surface area (TPSA) is 52.7 Å². The number of benzene rings is 1. The summed E-state index contributed by atoms with van der Waals surface area (Å²) >= 11 is 0. The van der Waals surface area contributed by atoms with Gasteiger partial charge in [0.1, 0.15) is 5.82 Å². The molecule has 1 atom stereocenters. The van der Waals surface area contributed by atoms with Gasteiger partial charge in [-0.25, -0.2) is 4.39 Å². The number of anilines is 1. The number of nitrogens with one attached hydrogen (secondary N) is 1. The minimum atomic E-state index is -0.421. The molecule has 1 heterocycles. The molecule has 3 rings (SSSR count). The third kappa shape index (κ3) is 3.75. The molecule has 2 amide bonds. The fraction of sp³-hybridized carbons (Fsp3) is 0.556. The largest absolute Gasteiger partial charge is 0.355 e. The maximum Gasteiger partial charge on any atom is 0.227 e. The summed E-state index contributed by atoms with van der Waals surface area (Å²) in [6, 6.07) is 5.44. The molecule has 24 heavy (non-hydrogen) atoms. The standard InChI is InChI=1S/C18H24FN3O2/c1-12-3-6-16(15(19)9-12)22-11-13(10-17(22)23)18(24)20-7-8-21(2)14-4-5-14/h3,6,9,13-14H,4-5,7-8,10-11H2,1-2H3,(H,20,24)/t13-/m0/s1. The van der Waals surface area contributed by atoms with Gasteiger partial charge in [-0.2, -0.15) is 0 Å². The second-order valence-electron chi connectivity index (χ2n) is 6.86. The first-order chi connectivity index (χ1) is 11.5.